The van der Waals surface area contributed by atoms with Crippen LogP contribution in [0.1, 0.15) is 102 Å². The standard InChI is InChI=1S/C42H65F9N2O4S2/c1-37(2,59-58-28-10-8-7-9-24-54-6)19-20-52(4)21-25-55-31-12-14-32-30(29-31)11-13-34-33(32)17-18-38(3)35(34)15-16-36(38)56-26-22-53(5)23-27-57-39(40(43,44)45,41(46,47)48)42(49,50)51/h12,14,29,33-36H,7-11,13,15-28H2,1-6H3. The number of aryl methyl sites for hydroxylation is 1. The Morgan fingerprint density at radius 3 is 2.08 bits per heavy atom. The van der Waals surface area contributed by atoms with Gasteiger partial charge in [0.05, 0.1) is 19.3 Å². The van der Waals surface area contributed by atoms with Crippen molar-refractivity contribution < 1.29 is 58.5 Å². The van der Waals surface area contributed by atoms with E-state index in [1.54, 1.807) is 7.11 Å². The third kappa shape index (κ3) is 13.0. The molecular formula is C42H65F9N2O4S2. The second-order valence-electron chi connectivity index (χ2n) is 17.6. The number of methoxy groups -OCH3 is 1. The lowest BCUT2D eigenvalue weighted by molar-refractivity contribution is -0.457. The van der Waals surface area contributed by atoms with Crippen LogP contribution in [0.2, 0.25) is 0 Å². The summed E-state index contributed by atoms with van der Waals surface area (Å²) in [5, 5.41) is 0. The Morgan fingerprint density at radius 1 is 0.763 bits per heavy atom. The van der Waals surface area contributed by atoms with Crippen LogP contribution in [0.5, 0.6) is 5.75 Å². The SMILES string of the molecule is COCCCCCCSSC(C)(C)CCN(C)CCOc1ccc2c(c1)CCC1C2CCC2(C)C(OCCN(C)CCOC(C(F)(F)F)(C(F)(F)F)C(F)(F)F)CCC12. The molecule has 4 rings (SSSR count). The first-order valence-corrected chi connectivity index (χ1v) is 23.3. The molecule has 0 saturated heterocycles. The maximum atomic E-state index is 13.2. The van der Waals surface area contributed by atoms with Gasteiger partial charge in [-0.25, -0.2) is 0 Å². The fourth-order valence-electron chi connectivity index (χ4n) is 9.31. The number of nitrogens with zero attached hydrogens (tertiary/aromatic N) is 2. The molecule has 0 aliphatic heterocycles. The Balaban J connectivity index is 1.18. The fourth-order valence-corrected chi connectivity index (χ4v) is 12.0. The van der Waals surface area contributed by atoms with Gasteiger partial charge in [0, 0.05) is 43.9 Å². The van der Waals surface area contributed by atoms with Crippen LogP contribution in [0.15, 0.2) is 18.2 Å². The quantitative estimate of drug-likeness (QED) is 0.0578. The highest BCUT2D eigenvalue weighted by atomic mass is 33.1. The Labute approximate surface area is 353 Å². The molecule has 3 aliphatic rings. The van der Waals surface area contributed by atoms with E-state index in [1.807, 2.05) is 21.6 Å². The minimum absolute atomic E-state index is 0.0723. The Hall–Kier alpha value is -1.11. The van der Waals surface area contributed by atoms with E-state index in [2.05, 4.69) is 55.7 Å². The number of ether oxygens (including phenoxy) is 4. The van der Waals surface area contributed by atoms with E-state index in [9.17, 15) is 39.5 Å². The van der Waals surface area contributed by atoms with Crippen molar-refractivity contribution in [3.05, 3.63) is 29.3 Å². The smallest absolute Gasteiger partial charge is 0.435 e. The average Bonchev–Trinajstić information content (AvgIpc) is 3.47. The molecule has 6 nitrogen and oxygen atoms in total. The predicted molar refractivity (Wildman–Crippen MR) is 217 cm³/mol. The molecule has 59 heavy (non-hydrogen) atoms. The summed E-state index contributed by atoms with van der Waals surface area (Å²) >= 11 is 0. The van der Waals surface area contributed by atoms with Crippen LogP contribution in [0.3, 0.4) is 0 Å². The molecule has 1 aromatic carbocycles. The highest BCUT2D eigenvalue weighted by Gasteiger charge is 2.85. The molecular weight excluding hydrogens is 832 g/mol. The van der Waals surface area contributed by atoms with E-state index in [0.29, 0.717) is 24.4 Å². The first-order chi connectivity index (χ1) is 27.6. The number of rotatable bonds is 24. The molecule has 3 aliphatic carbocycles. The molecule has 5 unspecified atom stereocenters. The number of fused-ring (bicyclic) bond motifs is 5. The average molecular weight is 897 g/mol. The Morgan fingerprint density at radius 2 is 1.41 bits per heavy atom. The van der Waals surface area contributed by atoms with Crippen LogP contribution in [-0.2, 0) is 20.6 Å². The van der Waals surface area contributed by atoms with Gasteiger partial charge >= 0.3 is 24.1 Å². The second-order valence-corrected chi connectivity index (χ2v) is 20.7. The van der Waals surface area contributed by atoms with Crippen LogP contribution >= 0.6 is 21.6 Å². The molecule has 0 amide bonds. The lowest BCUT2D eigenvalue weighted by Gasteiger charge is -2.50. The highest BCUT2D eigenvalue weighted by molar-refractivity contribution is 8.77. The van der Waals surface area contributed by atoms with E-state index in [4.69, 9.17) is 14.2 Å². The van der Waals surface area contributed by atoms with E-state index >= 15 is 0 Å². The van der Waals surface area contributed by atoms with Gasteiger partial charge in [-0.2, -0.15) is 39.5 Å². The molecule has 2 saturated carbocycles. The number of hydrogen-bond acceptors (Lipinski definition) is 8. The Kier molecular flexibility index (Phi) is 18.4. The normalized spacial score (nSPS) is 24.1. The third-order valence-electron chi connectivity index (χ3n) is 12.8. The predicted octanol–water partition coefficient (Wildman–Crippen LogP) is 11.4. The van der Waals surface area contributed by atoms with Gasteiger partial charge in [-0.1, -0.05) is 47.4 Å². The summed E-state index contributed by atoms with van der Waals surface area (Å²) in [6.07, 6.45) is -8.50. The monoisotopic (exact) mass is 896 g/mol. The number of halogens is 9. The maximum absolute atomic E-state index is 13.2. The van der Waals surface area contributed by atoms with E-state index in [0.717, 1.165) is 76.8 Å². The number of alkyl halides is 9. The Bertz CT molecular complexity index is 1400. The molecule has 342 valence electrons. The molecule has 0 heterocycles. The molecule has 5 atom stereocenters. The number of benzene rings is 1. The number of likely N-dealkylation sites (N-methyl/N-ethyl adjacent to an activating group) is 2. The zero-order valence-corrected chi connectivity index (χ0v) is 37.1. The van der Waals surface area contributed by atoms with Gasteiger partial charge in [0.25, 0.3) is 0 Å². The van der Waals surface area contributed by atoms with Crippen LogP contribution in [0.4, 0.5) is 39.5 Å². The zero-order valence-electron chi connectivity index (χ0n) is 35.4. The first-order valence-electron chi connectivity index (χ1n) is 20.9. The number of hydrogen-bond donors (Lipinski definition) is 0. The van der Waals surface area contributed by atoms with Gasteiger partial charge in [-0.15, -0.1) is 0 Å². The van der Waals surface area contributed by atoms with Gasteiger partial charge in [0.1, 0.15) is 12.4 Å². The van der Waals surface area contributed by atoms with Crippen molar-refractivity contribution in [1.82, 2.24) is 9.80 Å². The lowest BCUT2D eigenvalue weighted by Crippen LogP contribution is -2.68. The molecule has 0 radical (unpaired) electrons. The molecule has 1 aromatic rings. The van der Waals surface area contributed by atoms with Crippen molar-refractivity contribution in [2.75, 3.05) is 79.6 Å². The van der Waals surface area contributed by atoms with Gasteiger partial charge in [-0.05, 0) is 139 Å². The summed E-state index contributed by atoms with van der Waals surface area (Å²) in [4.78, 5) is 3.65. The summed E-state index contributed by atoms with van der Waals surface area (Å²) in [6, 6.07) is 6.56. The largest absolute Gasteiger partial charge is 0.492 e. The maximum Gasteiger partial charge on any atom is 0.435 e. The second kappa shape index (κ2) is 21.5. The van der Waals surface area contributed by atoms with Gasteiger partial charge in [0.2, 0.25) is 0 Å². The topological polar surface area (TPSA) is 43.4 Å². The molecule has 17 heteroatoms. The minimum atomic E-state index is -6.74. The lowest BCUT2D eigenvalue weighted by atomic mass is 9.55. The van der Waals surface area contributed by atoms with E-state index < -0.39 is 37.3 Å². The zero-order chi connectivity index (χ0) is 43.7. The van der Waals surface area contributed by atoms with Crippen LogP contribution < -0.4 is 4.74 Å². The van der Waals surface area contributed by atoms with Crippen LogP contribution in [-0.4, -0.2) is 124 Å². The van der Waals surface area contributed by atoms with Gasteiger partial charge in [-0.3, -0.25) is 0 Å². The summed E-state index contributed by atoms with van der Waals surface area (Å²) < 4.78 is 140. The molecule has 2 fully saturated rings. The van der Waals surface area contributed by atoms with Crippen molar-refractivity contribution in [3.8, 4) is 5.75 Å². The molecule has 0 aromatic heterocycles. The fraction of sp³-hybridized carbons (Fsp3) is 0.857. The van der Waals surface area contributed by atoms with E-state index in [1.165, 1.54) is 48.1 Å². The van der Waals surface area contributed by atoms with Crippen molar-refractivity contribution in [1.29, 1.82) is 0 Å². The van der Waals surface area contributed by atoms with Crippen molar-refractivity contribution in [2.24, 2.45) is 17.3 Å². The highest BCUT2D eigenvalue weighted by Crippen LogP contribution is 2.62. The van der Waals surface area contributed by atoms with Crippen molar-refractivity contribution >= 4 is 21.6 Å². The summed E-state index contributed by atoms with van der Waals surface area (Å²) in [6.45, 7) is 8.44. The van der Waals surface area contributed by atoms with Crippen LogP contribution in [0.25, 0.3) is 0 Å². The summed E-state index contributed by atoms with van der Waals surface area (Å²) in [5.74, 6) is 3.46. The molecule has 0 spiro atoms. The van der Waals surface area contributed by atoms with Crippen molar-refractivity contribution in [2.45, 2.75) is 132 Å². The summed E-state index contributed by atoms with van der Waals surface area (Å²) in [7, 11) is 9.27. The van der Waals surface area contributed by atoms with E-state index in [-0.39, 0.29) is 29.4 Å². The first kappa shape index (κ1) is 50.5. The van der Waals surface area contributed by atoms with Gasteiger partial charge in [0.15, 0.2) is 0 Å². The molecule has 0 bridgehead atoms. The van der Waals surface area contributed by atoms with Gasteiger partial charge < -0.3 is 28.7 Å². The molecule has 0 N–H and O–H groups in total. The van der Waals surface area contributed by atoms with Crippen molar-refractivity contribution in [3.63, 3.8) is 0 Å². The third-order valence-corrected chi connectivity index (χ3v) is 16.3. The number of unbranched alkanes of at least 4 members (excludes halogenated alkanes) is 3. The summed E-state index contributed by atoms with van der Waals surface area (Å²) in [5.41, 5.74) is -3.60. The van der Waals surface area contributed by atoms with Crippen LogP contribution in [0, 0.1) is 17.3 Å². The minimum Gasteiger partial charge on any atom is -0.492 e.